The van der Waals surface area contributed by atoms with E-state index in [0.29, 0.717) is 6.04 Å². The van der Waals surface area contributed by atoms with Crippen molar-refractivity contribution in [2.45, 2.75) is 46.2 Å². The van der Waals surface area contributed by atoms with Crippen LogP contribution in [0, 0.1) is 6.92 Å². The largest absolute Gasteiger partial charge is 0.340 e. The summed E-state index contributed by atoms with van der Waals surface area (Å²) >= 11 is 0. The second-order valence-electron chi connectivity index (χ2n) is 5.78. The summed E-state index contributed by atoms with van der Waals surface area (Å²) in [6, 6.07) is 9.21. The number of fused-ring (bicyclic) bond motifs is 1. The van der Waals surface area contributed by atoms with E-state index < -0.39 is 0 Å². The summed E-state index contributed by atoms with van der Waals surface area (Å²) in [5.74, 6) is 0. The van der Waals surface area contributed by atoms with E-state index in [0.717, 1.165) is 0 Å². The molecule has 0 unspecified atom stereocenters. The first-order valence-electron chi connectivity index (χ1n) is 6.21. The zero-order valence-corrected chi connectivity index (χ0v) is 11.4. The highest BCUT2D eigenvalue weighted by Crippen LogP contribution is 2.30. The van der Waals surface area contributed by atoms with E-state index in [4.69, 9.17) is 5.73 Å². The number of hydrogen-bond donors (Lipinski definition) is 1. The first kappa shape index (κ1) is 12.2. The Bertz CT molecular complexity index is 542. The molecule has 0 aliphatic carbocycles. The third-order valence-electron chi connectivity index (χ3n) is 3.17. The molecule has 1 heterocycles. The molecule has 2 nitrogen and oxygen atoms in total. The molecule has 1 aromatic heterocycles. The first-order valence-corrected chi connectivity index (χ1v) is 6.21. The van der Waals surface area contributed by atoms with Crippen LogP contribution in [0.1, 0.15) is 45.0 Å². The van der Waals surface area contributed by atoms with Gasteiger partial charge in [-0.05, 0) is 57.7 Å². The van der Waals surface area contributed by atoms with Crippen LogP contribution in [0.15, 0.2) is 24.3 Å². The Morgan fingerprint density at radius 2 is 1.82 bits per heavy atom. The normalized spacial score (nSPS) is 12.6. The lowest BCUT2D eigenvalue weighted by Gasteiger charge is -2.24. The fraction of sp³-hybridized carbons (Fsp3) is 0.467. The molecule has 0 bridgehead atoms. The van der Waals surface area contributed by atoms with E-state index in [1.54, 1.807) is 0 Å². The molecular formula is C15H22N2. The van der Waals surface area contributed by atoms with Crippen molar-refractivity contribution in [3.05, 3.63) is 35.5 Å². The molecule has 1 aromatic carbocycles. The third kappa shape index (κ3) is 2.09. The average Bonchev–Trinajstić information content (AvgIpc) is 2.55. The minimum absolute atomic E-state index is 0.308. The van der Waals surface area contributed by atoms with Crippen LogP contribution in [-0.4, -0.2) is 4.57 Å². The molecule has 2 rings (SSSR count). The van der Waals surface area contributed by atoms with Gasteiger partial charge in [0, 0.05) is 17.3 Å². The monoisotopic (exact) mass is 230 g/mol. The van der Waals surface area contributed by atoms with Crippen molar-refractivity contribution in [2.24, 2.45) is 5.73 Å². The molecule has 0 atom stereocenters. The Labute approximate surface area is 103 Å². The maximum atomic E-state index is 6.28. The molecular weight excluding hydrogens is 208 g/mol. The molecule has 2 heteroatoms. The lowest BCUT2D eigenvalue weighted by Crippen LogP contribution is -2.32. The summed E-state index contributed by atoms with van der Waals surface area (Å²) in [5.41, 5.74) is 9.75. The van der Waals surface area contributed by atoms with Gasteiger partial charge in [0.1, 0.15) is 0 Å². The molecule has 92 valence electrons. The van der Waals surface area contributed by atoms with Crippen LogP contribution in [0.4, 0.5) is 0 Å². The standard InChI is InChI=1S/C15H22N2/c1-10(2)17-13-8-11(3)6-7-12(13)9-14(17)15(4,5)16/h6-10H,16H2,1-5H3. The van der Waals surface area contributed by atoms with E-state index in [1.165, 1.54) is 22.2 Å². The fourth-order valence-corrected chi connectivity index (χ4v) is 2.38. The Morgan fingerprint density at radius 3 is 2.35 bits per heavy atom. The number of nitrogens with two attached hydrogens (primary N) is 1. The van der Waals surface area contributed by atoms with Crippen LogP contribution < -0.4 is 5.73 Å². The summed E-state index contributed by atoms with van der Waals surface area (Å²) in [7, 11) is 0. The molecule has 2 aromatic rings. The van der Waals surface area contributed by atoms with Gasteiger partial charge >= 0.3 is 0 Å². The zero-order valence-electron chi connectivity index (χ0n) is 11.4. The van der Waals surface area contributed by atoms with Gasteiger partial charge in [-0.25, -0.2) is 0 Å². The van der Waals surface area contributed by atoms with Gasteiger partial charge in [-0.3, -0.25) is 0 Å². The minimum atomic E-state index is -0.308. The molecule has 0 aliphatic heterocycles. The maximum Gasteiger partial charge on any atom is 0.0506 e. The highest BCUT2D eigenvalue weighted by Gasteiger charge is 2.22. The van der Waals surface area contributed by atoms with Crippen molar-refractivity contribution in [1.29, 1.82) is 0 Å². The SMILES string of the molecule is Cc1ccc2cc(C(C)(C)N)n(C(C)C)c2c1. The quantitative estimate of drug-likeness (QED) is 0.837. The van der Waals surface area contributed by atoms with Gasteiger partial charge in [0.2, 0.25) is 0 Å². The summed E-state index contributed by atoms with van der Waals surface area (Å²) in [6.45, 7) is 10.7. The summed E-state index contributed by atoms with van der Waals surface area (Å²) in [6.07, 6.45) is 0. The van der Waals surface area contributed by atoms with E-state index in [9.17, 15) is 0 Å². The summed E-state index contributed by atoms with van der Waals surface area (Å²) in [5, 5.41) is 1.28. The van der Waals surface area contributed by atoms with Gasteiger partial charge < -0.3 is 10.3 Å². The van der Waals surface area contributed by atoms with E-state index in [2.05, 4.69) is 63.5 Å². The van der Waals surface area contributed by atoms with Gasteiger partial charge in [-0.2, -0.15) is 0 Å². The number of aryl methyl sites for hydroxylation is 1. The van der Waals surface area contributed by atoms with Gasteiger partial charge in [0.15, 0.2) is 0 Å². The number of rotatable bonds is 2. The highest BCUT2D eigenvalue weighted by atomic mass is 15.0. The molecule has 0 saturated carbocycles. The predicted molar refractivity (Wildman–Crippen MR) is 74.3 cm³/mol. The van der Waals surface area contributed by atoms with Crippen LogP contribution in [0.25, 0.3) is 10.9 Å². The minimum Gasteiger partial charge on any atom is -0.340 e. The summed E-state index contributed by atoms with van der Waals surface area (Å²) in [4.78, 5) is 0. The third-order valence-corrected chi connectivity index (χ3v) is 3.17. The molecule has 0 saturated heterocycles. The predicted octanol–water partition coefficient (Wildman–Crippen LogP) is 3.72. The number of benzene rings is 1. The second-order valence-corrected chi connectivity index (χ2v) is 5.78. The van der Waals surface area contributed by atoms with Gasteiger partial charge in [0.25, 0.3) is 0 Å². The number of aromatic nitrogens is 1. The topological polar surface area (TPSA) is 30.9 Å². The number of nitrogens with zero attached hydrogens (tertiary/aromatic N) is 1. The molecule has 0 aliphatic rings. The highest BCUT2D eigenvalue weighted by molar-refractivity contribution is 5.82. The average molecular weight is 230 g/mol. The van der Waals surface area contributed by atoms with Crippen LogP contribution in [0.3, 0.4) is 0 Å². The number of hydrogen-bond acceptors (Lipinski definition) is 1. The van der Waals surface area contributed by atoms with Crippen LogP contribution in [0.2, 0.25) is 0 Å². The summed E-state index contributed by atoms with van der Waals surface area (Å²) < 4.78 is 2.35. The van der Waals surface area contributed by atoms with Crippen LogP contribution in [-0.2, 0) is 5.54 Å². The van der Waals surface area contributed by atoms with Crippen molar-refractivity contribution in [1.82, 2.24) is 4.57 Å². The first-order chi connectivity index (χ1) is 7.80. The van der Waals surface area contributed by atoms with Crippen LogP contribution >= 0.6 is 0 Å². The van der Waals surface area contributed by atoms with Crippen molar-refractivity contribution in [2.75, 3.05) is 0 Å². The lowest BCUT2D eigenvalue weighted by atomic mass is 10.0. The maximum absolute atomic E-state index is 6.28. The fourth-order valence-electron chi connectivity index (χ4n) is 2.38. The molecule has 0 fully saturated rings. The molecule has 0 radical (unpaired) electrons. The van der Waals surface area contributed by atoms with Crippen molar-refractivity contribution >= 4 is 10.9 Å². The Balaban J connectivity index is 2.81. The Morgan fingerprint density at radius 1 is 1.18 bits per heavy atom. The zero-order chi connectivity index (χ0) is 12.8. The van der Waals surface area contributed by atoms with E-state index >= 15 is 0 Å². The molecule has 0 spiro atoms. The van der Waals surface area contributed by atoms with E-state index in [1.807, 2.05) is 0 Å². The second kappa shape index (κ2) is 3.88. The molecule has 2 N–H and O–H groups in total. The van der Waals surface area contributed by atoms with Gasteiger partial charge in [-0.1, -0.05) is 12.1 Å². The Kier molecular flexibility index (Phi) is 2.78. The van der Waals surface area contributed by atoms with Gasteiger partial charge in [0.05, 0.1) is 5.54 Å². The molecule has 0 amide bonds. The van der Waals surface area contributed by atoms with Crippen LogP contribution in [0.5, 0.6) is 0 Å². The smallest absolute Gasteiger partial charge is 0.0506 e. The van der Waals surface area contributed by atoms with E-state index in [-0.39, 0.29) is 5.54 Å². The Hall–Kier alpha value is -1.28. The van der Waals surface area contributed by atoms with Gasteiger partial charge in [-0.15, -0.1) is 0 Å². The van der Waals surface area contributed by atoms with Crippen molar-refractivity contribution in [3.8, 4) is 0 Å². The lowest BCUT2D eigenvalue weighted by molar-refractivity contribution is 0.474. The van der Waals surface area contributed by atoms with Crippen molar-refractivity contribution in [3.63, 3.8) is 0 Å². The van der Waals surface area contributed by atoms with Crippen molar-refractivity contribution < 1.29 is 0 Å². The molecule has 17 heavy (non-hydrogen) atoms.